The van der Waals surface area contributed by atoms with E-state index in [2.05, 4.69) is 10.6 Å². The summed E-state index contributed by atoms with van der Waals surface area (Å²) in [6.45, 7) is 3.57. The van der Waals surface area contributed by atoms with Gasteiger partial charge in [0.05, 0.1) is 31.5 Å². The van der Waals surface area contributed by atoms with Crippen molar-refractivity contribution < 1.29 is 18.7 Å². The van der Waals surface area contributed by atoms with E-state index in [1.54, 1.807) is 20.1 Å². The molecule has 0 bridgehead atoms. The van der Waals surface area contributed by atoms with Crippen LogP contribution in [0, 0.1) is 6.92 Å². The van der Waals surface area contributed by atoms with Crippen molar-refractivity contribution in [2.24, 2.45) is 0 Å². The molecule has 2 rings (SSSR count). The van der Waals surface area contributed by atoms with Crippen molar-refractivity contribution in [1.29, 1.82) is 0 Å². The molecule has 0 saturated heterocycles. The van der Waals surface area contributed by atoms with Crippen LogP contribution in [-0.4, -0.2) is 25.5 Å². The standard InChI is InChI=1S/C18H22N2O4/c1-4-15(14-7-5-6-8-16(14)23-3)20-17(21)11-19-18(22)13-9-10-24-12(13)2/h5-10,15H,4,11H2,1-3H3,(H,19,22)(H,20,21). The lowest BCUT2D eigenvalue weighted by Crippen LogP contribution is -2.38. The van der Waals surface area contributed by atoms with E-state index < -0.39 is 0 Å². The Balaban J connectivity index is 1.95. The highest BCUT2D eigenvalue weighted by Crippen LogP contribution is 2.26. The zero-order chi connectivity index (χ0) is 17.5. The number of nitrogens with one attached hydrogen (secondary N) is 2. The zero-order valence-electron chi connectivity index (χ0n) is 14.1. The number of aryl methyl sites for hydroxylation is 1. The molecule has 6 nitrogen and oxygen atoms in total. The predicted molar refractivity (Wildman–Crippen MR) is 89.9 cm³/mol. The van der Waals surface area contributed by atoms with Gasteiger partial charge in [0.15, 0.2) is 0 Å². The van der Waals surface area contributed by atoms with Crippen molar-refractivity contribution in [1.82, 2.24) is 10.6 Å². The molecule has 1 unspecified atom stereocenters. The van der Waals surface area contributed by atoms with Crippen molar-refractivity contribution in [3.05, 3.63) is 53.5 Å². The lowest BCUT2D eigenvalue weighted by Gasteiger charge is -2.20. The largest absolute Gasteiger partial charge is 0.496 e. The summed E-state index contributed by atoms with van der Waals surface area (Å²) >= 11 is 0. The van der Waals surface area contributed by atoms with Gasteiger partial charge < -0.3 is 19.8 Å². The maximum Gasteiger partial charge on any atom is 0.255 e. The Bertz CT molecular complexity index is 709. The van der Waals surface area contributed by atoms with E-state index in [4.69, 9.17) is 9.15 Å². The minimum atomic E-state index is -0.332. The highest BCUT2D eigenvalue weighted by Gasteiger charge is 2.18. The molecule has 6 heteroatoms. The lowest BCUT2D eigenvalue weighted by atomic mass is 10.0. The van der Waals surface area contributed by atoms with Gasteiger partial charge in [0.1, 0.15) is 11.5 Å². The first-order valence-corrected chi connectivity index (χ1v) is 7.81. The zero-order valence-corrected chi connectivity index (χ0v) is 14.1. The van der Waals surface area contributed by atoms with Gasteiger partial charge in [0, 0.05) is 5.56 Å². The molecule has 2 N–H and O–H groups in total. The third-order valence-corrected chi connectivity index (χ3v) is 3.77. The molecule has 0 spiro atoms. The number of carbonyl (C=O) groups is 2. The fraction of sp³-hybridized carbons (Fsp3) is 0.333. The number of carbonyl (C=O) groups excluding carboxylic acids is 2. The SMILES string of the molecule is CCC(NC(=O)CNC(=O)c1ccoc1C)c1ccccc1OC. The minimum Gasteiger partial charge on any atom is -0.496 e. The smallest absolute Gasteiger partial charge is 0.255 e. The van der Waals surface area contributed by atoms with Crippen molar-refractivity contribution in [2.75, 3.05) is 13.7 Å². The number of ether oxygens (including phenoxy) is 1. The van der Waals surface area contributed by atoms with E-state index >= 15 is 0 Å². The van der Waals surface area contributed by atoms with Gasteiger partial charge in [0.25, 0.3) is 5.91 Å². The van der Waals surface area contributed by atoms with Crippen molar-refractivity contribution in [2.45, 2.75) is 26.3 Å². The summed E-state index contributed by atoms with van der Waals surface area (Å²) in [4.78, 5) is 24.1. The van der Waals surface area contributed by atoms with Crippen LogP contribution in [0.2, 0.25) is 0 Å². The van der Waals surface area contributed by atoms with Gasteiger partial charge in [0.2, 0.25) is 5.91 Å². The number of amides is 2. The average Bonchev–Trinajstić information content (AvgIpc) is 3.03. The molecule has 0 aliphatic rings. The second-order valence-corrected chi connectivity index (χ2v) is 5.34. The maximum absolute atomic E-state index is 12.2. The number of benzene rings is 1. The molecule has 0 saturated carbocycles. The van der Waals surface area contributed by atoms with Crippen LogP contribution in [0.1, 0.15) is 41.1 Å². The van der Waals surface area contributed by atoms with Gasteiger partial charge in [-0.25, -0.2) is 0 Å². The van der Waals surface area contributed by atoms with E-state index in [9.17, 15) is 9.59 Å². The monoisotopic (exact) mass is 330 g/mol. The number of rotatable bonds is 7. The summed E-state index contributed by atoms with van der Waals surface area (Å²) in [6.07, 6.45) is 2.15. The summed E-state index contributed by atoms with van der Waals surface area (Å²) in [5.74, 6) is 0.653. The molecule has 0 aliphatic carbocycles. The minimum absolute atomic E-state index is 0.102. The van der Waals surface area contributed by atoms with Gasteiger partial charge >= 0.3 is 0 Å². The van der Waals surface area contributed by atoms with E-state index in [-0.39, 0.29) is 24.4 Å². The molecular formula is C18H22N2O4. The molecule has 1 aromatic carbocycles. The van der Waals surface area contributed by atoms with Crippen LogP contribution in [0.15, 0.2) is 41.0 Å². The quantitative estimate of drug-likeness (QED) is 0.818. The van der Waals surface area contributed by atoms with E-state index in [1.165, 1.54) is 6.26 Å². The Morgan fingerprint density at radius 1 is 1.25 bits per heavy atom. The molecule has 1 heterocycles. The molecule has 1 aromatic heterocycles. The number of hydrogen-bond donors (Lipinski definition) is 2. The maximum atomic E-state index is 12.2. The van der Waals surface area contributed by atoms with Crippen LogP contribution < -0.4 is 15.4 Å². The second-order valence-electron chi connectivity index (χ2n) is 5.34. The fourth-order valence-electron chi connectivity index (χ4n) is 2.48. The number of hydrogen-bond acceptors (Lipinski definition) is 4. The topological polar surface area (TPSA) is 80.6 Å². The summed E-state index contributed by atoms with van der Waals surface area (Å²) in [5.41, 5.74) is 1.34. The summed E-state index contributed by atoms with van der Waals surface area (Å²) < 4.78 is 10.4. The lowest BCUT2D eigenvalue weighted by molar-refractivity contribution is -0.120. The van der Waals surface area contributed by atoms with Crippen molar-refractivity contribution in [3.63, 3.8) is 0 Å². The first-order valence-electron chi connectivity index (χ1n) is 7.81. The third kappa shape index (κ3) is 4.16. The van der Waals surface area contributed by atoms with Crippen LogP contribution in [-0.2, 0) is 4.79 Å². The number of furan rings is 1. The summed E-state index contributed by atoms with van der Waals surface area (Å²) in [5, 5.41) is 5.51. The molecule has 128 valence electrons. The van der Waals surface area contributed by atoms with Gasteiger partial charge in [-0.3, -0.25) is 9.59 Å². The Labute approximate surface area is 141 Å². The number of methoxy groups -OCH3 is 1. The number of para-hydroxylation sites is 1. The third-order valence-electron chi connectivity index (χ3n) is 3.77. The Morgan fingerprint density at radius 2 is 2.00 bits per heavy atom. The van der Waals surface area contributed by atoms with Gasteiger partial charge in [-0.15, -0.1) is 0 Å². The van der Waals surface area contributed by atoms with Crippen LogP contribution in [0.4, 0.5) is 0 Å². The van der Waals surface area contributed by atoms with E-state index in [0.29, 0.717) is 17.7 Å². The predicted octanol–water partition coefficient (Wildman–Crippen LogP) is 2.59. The molecule has 2 aromatic rings. The molecule has 0 fully saturated rings. The Hall–Kier alpha value is -2.76. The van der Waals surface area contributed by atoms with Crippen LogP contribution in [0.25, 0.3) is 0 Å². The fourth-order valence-corrected chi connectivity index (χ4v) is 2.48. The highest BCUT2D eigenvalue weighted by molar-refractivity contribution is 5.97. The second kappa shape index (κ2) is 8.19. The summed E-state index contributed by atoms with van der Waals surface area (Å²) in [7, 11) is 1.60. The van der Waals surface area contributed by atoms with Crippen molar-refractivity contribution in [3.8, 4) is 5.75 Å². The van der Waals surface area contributed by atoms with Crippen molar-refractivity contribution >= 4 is 11.8 Å². The van der Waals surface area contributed by atoms with Gasteiger partial charge in [-0.1, -0.05) is 25.1 Å². The first-order chi connectivity index (χ1) is 11.6. The summed E-state index contributed by atoms with van der Waals surface area (Å²) in [6, 6.07) is 8.95. The molecular weight excluding hydrogens is 308 g/mol. The average molecular weight is 330 g/mol. The van der Waals surface area contributed by atoms with Crippen LogP contribution in [0.5, 0.6) is 5.75 Å². The molecule has 24 heavy (non-hydrogen) atoms. The molecule has 2 amide bonds. The van der Waals surface area contributed by atoms with Crippen LogP contribution in [0.3, 0.4) is 0 Å². The first kappa shape index (κ1) is 17.6. The Morgan fingerprint density at radius 3 is 2.62 bits per heavy atom. The van der Waals surface area contributed by atoms with Gasteiger partial charge in [-0.05, 0) is 25.5 Å². The van der Waals surface area contributed by atoms with Gasteiger partial charge in [-0.2, -0.15) is 0 Å². The molecule has 0 aliphatic heterocycles. The van der Waals surface area contributed by atoms with E-state index in [1.807, 2.05) is 31.2 Å². The molecule has 1 atom stereocenters. The normalized spacial score (nSPS) is 11.6. The Kier molecular flexibility index (Phi) is 6.01. The molecule has 0 radical (unpaired) electrons. The van der Waals surface area contributed by atoms with E-state index in [0.717, 1.165) is 11.3 Å². The van der Waals surface area contributed by atoms with Crippen LogP contribution >= 0.6 is 0 Å². The highest BCUT2D eigenvalue weighted by atomic mass is 16.5.